The van der Waals surface area contributed by atoms with Gasteiger partial charge >= 0.3 is 0 Å². The largest absolute Gasteiger partial charge is 0.229 e. The number of rotatable bonds is 5. The third-order valence-electron chi connectivity index (χ3n) is 3.46. The number of para-hydroxylation sites is 2. The monoisotopic (exact) mass is 374 g/mol. The van der Waals surface area contributed by atoms with Crippen molar-refractivity contribution in [1.29, 1.82) is 0 Å². The summed E-state index contributed by atoms with van der Waals surface area (Å²) in [5.41, 5.74) is 3.61. The summed E-state index contributed by atoms with van der Waals surface area (Å²) in [6, 6.07) is 14.8. The first-order valence-electron chi connectivity index (χ1n) is 7.42. The second-order valence-electron chi connectivity index (χ2n) is 5.11. The Morgan fingerprint density at radius 2 is 1.61 bits per heavy atom. The van der Waals surface area contributed by atoms with Crippen molar-refractivity contribution >= 4 is 64.7 Å². The third kappa shape index (κ3) is 3.26. The van der Waals surface area contributed by atoms with Crippen molar-refractivity contribution in [3.05, 3.63) is 48.0 Å². The molecule has 6 heteroatoms. The molecule has 0 atom stereocenters. The summed E-state index contributed by atoms with van der Waals surface area (Å²) in [5, 5.41) is 0. The Balaban J connectivity index is 1.56. The van der Waals surface area contributed by atoms with E-state index in [4.69, 9.17) is 4.98 Å². The Kier molecular flexibility index (Phi) is 4.57. The summed E-state index contributed by atoms with van der Waals surface area (Å²) in [7, 11) is 3.42. The van der Waals surface area contributed by atoms with Gasteiger partial charge in [0, 0.05) is 0 Å². The van der Waals surface area contributed by atoms with Crippen LogP contribution in [0.3, 0.4) is 0 Å². The van der Waals surface area contributed by atoms with Gasteiger partial charge in [-0.1, -0.05) is 37.6 Å². The number of fused-ring (bicyclic) bond motifs is 2. The van der Waals surface area contributed by atoms with Crippen LogP contribution in [0, 0.1) is 0 Å². The Labute approximate surface area is 150 Å². The first-order valence-corrected chi connectivity index (χ1v) is 11.2. The topological polar surface area (TPSA) is 25.8 Å². The lowest BCUT2D eigenvalue weighted by Crippen LogP contribution is -1.84. The maximum absolute atomic E-state index is 4.84. The zero-order chi connectivity index (χ0) is 15.6. The van der Waals surface area contributed by atoms with Gasteiger partial charge in [0.2, 0.25) is 0 Å². The number of benzene rings is 2. The summed E-state index contributed by atoms with van der Waals surface area (Å²) in [4.78, 5) is 9.50. The molecule has 0 aliphatic rings. The molecule has 2 nitrogen and oxygen atoms in total. The highest BCUT2D eigenvalue weighted by Gasteiger charge is 2.10. The number of aromatic nitrogens is 2. The normalized spacial score (nSPS) is 11.5. The number of hydrogen-bond acceptors (Lipinski definition) is 6. The van der Waals surface area contributed by atoms with E-state index in [2.05, 4.69) is 48.3 Å². The van der Waals surface area contributed by atoms with Crippen molar-refractivity contribution in [3.63, 3.8) is 0 Å². The second kappa shape index (κ2) is 6.81. The van der Waals surface area contributed by atoms with Crippen LogP contribution < -0.4 is 0 Å². The number of hydrogen-bond donors (Lipinski definition) is 0. The molecule has 4 rings (SSSR count). The minimum Gasteiger partial charge on any atom is -0.229 e. The van der Waals surface area contributed by atoms with Crippen LogP contribution in [0.25, 0.3) is 20.4 Å². The average molecular weight is 375 g/mol. The van der Waals surface area contributed by atoms with Crippen molar-refractivity contribution < 1.29 is 0 Å². The molecule has 2 heterocycles. The summed E-state index contributed by atoms with van der Waals surface area (Å²) in [6.45, 7) is 2.21. The fourth-order valence-corrected chi connectivity index (χ4v) is 6.99. The van der Waals surface area contributed by atoms with Gasteiger partial charge in [0.25, 0.3) is 0 Å². The fraction of sp³-hybridized carbons (Fsp3) is 0.176. The van der Waals surface area contributed by atoms with Gasteiger partial charge in [0.05, 0.1) is 20.4 Å². The molecule has 4 aromatic rings. The number of thiazole rings is 2. The molecular weight excluding hydrogens is 360 g/mol. The molecule has 0 amide bonds. The van der Waals surface area contributed by atoms with E-state index in [0.717, 1.165) is 27.0 Å². The summed E-state index contributed by atoms with van der Waals surface area (Å²) in [5.74, 6) is 0. The minimum absolute atomic E-state index is 1.08. The molecule has 0 spiro atoms. The summed E-state index contributed by atoms with van der Waals surface area (Å²) >= 11 is 3.51. The van der Waals surface area contributed by atoms with Crippen LogP contribution in [0.2, 0.25) is 0 Å². The molecule has 0 saturated carbocycles. The summed E-state index contributed by atoms with van der Waals surface area (Å²) < 4.78 is 4.71. The van der Waals surface area contributed by atoms with Gasteiger partial charge in [-0.2, -0.15) is 0 Å². The Bertz CT molecular complexity index is 924. The van der Waals surface area contributed by atoms with Gasteiger partial charge in [0.1, 0.15) is 0 Å². The van der Waals surface area contributed by atoms with Crippen LogP contribution in [0.5, 0.6) is 0 Å². The molecule has 23 heavy (non-hydrogen) atoms. The smallest absolute Gasteiger partial charge is 0.162 e. The van der Waals surface area contributed by atoms with E-state index in [1.165, 1.54) is 20.5 Å². The van der Waals surface area contributed by atoms with E-state index >= 15 is 0 Å². The highest BCUT2D eigenvalue weighted by atomic mass is 33.1. The van der Waals surface area contributed by atoms with Gasteiger partial charge < -0.3 is 0 Å². The first kappa shape index (κ1) is 15.4. The van der Waals surface area contributed by atoms with Gasteiger partial charge in [-0.3, -0.25) is 0 Å². The number of nitrogens with zero attached hydrogens (tertiary/aromatic N) is 2. The van der Waals surface area contributed by atoms with E-state index in [-0.39, 0.29) is 0 Å². The molecule has 2 aromatic carbocycles. The Morgan fingerprint density at radius 3 is 2.43 bits per heavy atom. The molecule has 2 aromatic heterocycles. The predicted molar refractivity (Wildman–Crippen MR) is 105 cm³/mol. The fourth-order valence-electron chi connectivity index (χ4n) is 2.45. The maximum atomic E-state index is 4.84. The Morgan fingerprint density at radius 1 is 0.870 bits per heavy atom. The molecule has 0 aliphatic heterocycles. The SMILES string of the molecule is CCCc1cccc2sc(SSc3nc4ccccc4s3)nc12. The first-order chi connectivity index (χ1) is 11.3. The van der Waals surface area contributed by atoms with Gasteiger partial charge in [0.15, 0.2) is 8.68 Å². The molecular formula is C17H14N2S4. The van der Waals surface area contributed by atoms with Crippen molar-refractivity contribution in [3.8, 4) is 0 Å². The molecule has 116 valence electrons. The van der Waals surface area contributed by atoms with E-state index < -0.39 is 0 Å². The van der Waals surface area contributed by atoms with Gasteiger partial charge in [-0.15, -0.1) is 22.7 Å². The molecule has 0 fully saturated rings. The second-order valence-corrected chi connectivity index (χ2v) is 9.79. The standard InChI is InChI=1S/C17H14N2S4/c1-2-6-11-7-5-10-14-15(11)19-17(21-14)23-22-16-18-12-8-3-4-9-13(12)20-16/h3-5,7-10H,2,6H2,1H3. The van der Waals surface area contributed by atoms with Crippen molar-refractivity contribution in [2.45, 2.75) is 28.4 Å². The van der Waals surface area contributed by atoms with E-state index in [0.29, 0.717) is 0 Å². The summed E-state index contributed by atoms with van der Waals surface area (Å²) in [6.07, 6.45) is 2.25. The Hall–Kier alpha value is -1.08. The quantitative estimate of drug-likeness (QED) is 0.365. The zero-order valence-corrected chi connectivity index (χ0v) is 15.7. The van der Waals surface area contributed by atoms with Crippen LogP contribution in [-0.4, -0.2) is 9.97 Å². The van der Waals surface area contributed by atoms with E-state index in [1.54, 1.807) is 44.3 Å². The van der Waals surface area contributed by atoms with Crippen LogP contribution in [-0.2, 0) is 6.42 Å². The van der Waals surface area contributed by atoms with Crippen molar-refractivity contribution in [2.75, 3.05) is 0 Å². The molecule has 0 radical (unpaired) electrons. The van der Waals surface area contributed by atoms with Gasteiger partial charge in [-0.25, -0.2) is 9.97 Å². The highest BCUT2D eigenvalue weighted by Crippen LogP contribution is 2.43. The predicted octanol–water partition coefficient (Wildman–Crippen LogP) is 6.66. The van der Waals surface area contributed by atoms with E-state index in [9.17, 15) is 0 Å². The van der Waals surface area contributed by atoms with Gasteiger partial charge in [-0.05, 0) is 51.8 Å². The van der Waals surface area contributed by atoms with Crippen LogP contribution in [0.1, 0.15) is 18.9 Å². The highest BCUT2D eigenvalue weighted by molar-refractivity contribution is 8.77. The minimum atomic E-state index is 1.08. The molecule has 0 bridgehead atoms. The molecule has 0 aliphatic carbocycles. The van der Waals surface area contributed by atoms with E-state index in [1.807, 2.05) is 6.07 Å². The number of aryl methyl sites for hydroxylation is 1. The maximum Gasteiger partial charge on any atom is 0.162 e. The lowest BCUT2D eigenvalue weighted by Gasteiger charge is -1.98. The van der Waals surface area contributed by atoms with Crippen LogP contribution >= 0.6 is 44.3 Å². The lowest BCUT2D eigenvalue weighted by molar-refractivity contribution is 0.926. The van der Waals surface area contributed by atoms with Crippen molar-refractivity contribution in [1.82, 2.24) is 9.97 Å². The van der Waals surface area contributed by atoms with Crippen LogP contribution in [0.4, 0.5) is 0 Å². The lowest BCUT2D eigenvalue weighted by atomic mass is 10.1. The zero-order valence-electron chi connectivity index (χ0n) is 12.5. The van der Waals surface area contributed by atoms with Crippen LogP contribution in [0.15, 0.2) is 51.1 Å². The molecule has 0 unspecified atom stereocenters. The third-order valence-corrected chi connectivity index (χ3v) is 8.49. The molecule has 0 N–H and O–H groups in total. The molecule has 0 saturated heterocycles. The van der Waals surface area contributed by atoms with Crippen molar-refractivity contribution in [2.24, 2.45) is 0 Å². The average Bonchev–Trinajstić information content (AvgIpc) is 3.17.